The van der Waals surface area contributed by atoms with E-state index in [1.165, 1.54) is 0 Å². The lowest BCUT2D eigenvalue weighted by molar-refractivity contribution is -0.125. The molecule has 1 aliphatic heterocycles. The molecule has 0 aromatic carbocycles. The Bertz CT molecular complexity index is 1010. The SMILES string of the molecule is CC1CCC(C(=O)NCC#N)CN1c1[nH]ncc2cnc3nccc3c12. The van der Waals surface area contributed by atoms with Gasteiger partial charge in [-0.1, -0.05) is 0 Å². The molecule has 0 spiro atoms. The van der Waals surface area contributed by atoms with Crippen molar-refractivity contribution in [1.82, 2.24) is 25.5 Å². The molecule has 1 fully saturated rings. The summed E-state index contributed by atoms with van der Waals surface area (Å²) < 4.78 is 0. The number of H-pyrrole nitrogens is 1. The van der Waals surface area contributed by atoms with Crippen LogP contribution in [0.3, 0.4) is 0 Å². The number of amides is 1. The Morgan fingerprint density at radius 2 is 2.31 bits per heavy atom. The Morgan fingerprint density at radius 3 is 3.15 bits per heavy atom. The number of anilines is 1. The monoisotopic (exact) mass is 349 g/mol. The summed E-state index contributed by atoms with van der Waals surface area (Å²) in [7, 11) is 0. The van der Waals surface area contributed by atoms with E-state index in [1.54, 1.807) is 18.6 Å². The summed E-state index contributed by atoms with van der Waals surface area (Å²) in [5.74, 6) is 0.657. The van der Waals surface area contributed by atoms with Gasteiger partial charge in [-0.2, -0.15) is 10.4 Å². The second kappa shape index (κ2) is 6.59. The largest absolute Gasteiger partial charge is 0.353 e. The van der Waals surface area contributed by atoms with Crippen LogP contribution in [0, 0.1) is 17.2 Å². The number of piperidine rings is 1. The van der Waals surface area contributed by atoms with Crippen molar-refractivity contribution in [2.75, 3.05) is 18.0 Å². The molecule has 1 aliphatic rings. The van der Waals surface area contributed by atoms with Gasteiger partial charge < -0.3 is 10.2 Å². The first-order valence-electron chi connectivity index (χ1n) is 8.67. The molecule has 3 aromatic rings. The van der Waals surface area contributed by atoms with Crippen molar-refractivity contribution in [3.05, 3.63) is 24.7 Å². The number of hydrogen-bond acceptors (Lipinski definition) is 6. The molecule has 1 amide bonds. The zero-order valence-corrected chi connectivity index (χ0v) is 14.4. The lowest BCUT2D eigenvalue weighted by Crippen LogP contribution is -2.47. The number of nitrogens with zero attached hydrogens (tertiary/aromatic N) is 5. The Kier molecular flexibility index (Phi) is 4.13. The summed E-state index contributed by atoms with van der Waals surface area (Å²) in [5.41, 5.74) is 0.700. The maximum atomic E-state index is 12.3. The van der Waals surface area contributed by atoms with Crippen LogP contribution >= 0.6 is 0 Å². The second-order valence-corrected chi connectivity index (χ2v) is 6.64. The van der Waals surface area contributed by atoms with Crippen LogP contribution in [0.4, 0.5) is 5.82 Å². The van der Waals surface area contributed by atoms with E-state index < -0.39 is 0 Å². The van der Waals surface area contributed by atoms with Crippen LogP contribution in [0.5, 0.6) is 0 Å². The van der Waals surface area contributed by atoms with E-state index in [4.69, 9.17) is 5.26 Å². The van der Waals surface area contributed by atoms with E-state index in [0.717, 1.165) is 34.8 Å². The molecule has 2 unspecified atom stereocenters. The van der Waals surface area contributed by atoms with Crippen molar-refractivity contribution in [2.45, 2.75) is 25.8 Å². The summed E-state index contributed by atoms with van der Waals surface area (Å²) in [4.78, 5) is 23.2. The Labute approximate surface area is 150 Å². The van der Waals surface area contributed by atoms with Gasteiger partial charge in [-0.25, -0.2) is 9.97 Å². The van der Waals surface area contributed by atoms with Gasteiger partial charge >= 0.3 is 0 Å². The molecular formula is C18H19N7O. The predicted molar refractivity (Wildman–Crippen MR) is 97.3 cm³/mol. The molecule has 2 atom stereocenters. The summed E-state index contributed by atoms with van der Waals surface area (Å²) in [6.45, 7) is 2.77. The summed E-state index contributed by atoms with van der Waals surface area (Å²) in [6, 6.07) is 4.18. The van der Waals surface area contributed by atoms with E-state index in [-0.39, 0.29) is 24.4 Å². The first kappa shape index (κ1) is 16.3. The van der Waals surface area contributed by atoms with Gasteiger partial charge in [-0.05, 0) is 25.8 Å². The normalized spacial score (nSPS) is 20.2. The molecule has 132 valence electrons. The number of pyridine rings is 1. The minimum atomic E-state index is -0.154. The number of carbonyl (C=O) groups excluding carboxylic acids is 1. The average Bonchev–Trinajstić information content (AvgIpc) is 3.15. The van der Waals surface area contributed by atoms with Crippen LogP contribution in [-0.2, 0) is 4.79 Å². The molecule has 0 saturated carbocycles. The average molecular weight is 349 g/mol. The number of aromatic nitrogens is 4. The summed E-state index contributed by atoms with van der Waals surface area (Å²) in [5, 5.41) is 21.7. The fourth-order valence-corrected chi connectivity index (χ4v) is 3.67. The zero-order chi connectivity index (χ0) is 18.1. The van der Waals surface area contributed by atoms with Gasteiger partial charge in [0.05, 0.1) is 18.2 Å². The molecule has 4 rings (SSSR count). The quantitative estimate of drug-likeness (QED) is 0.697. The van der Waals surface area contributed by atoms with Crippen molar-refractivity contribution in [3.63, 3.8) is 0 Å². The van der Waals surface area contributed by atoms with Crippen LogP contribution in [0.2, 0.25) is 0 Å². The van der Waals surface area contributed by atoms with Gasteiger partial charge in [0.2, 0.25) is 5.91 Å². The van der Waals surface area contributed by atoms with Crippen LogP contribution in [0.15, 0.2) is 24.7 Å². The van der Waals surface area contributed by atoms with Gasteiger partial charge in [-0.15, -0.1) is 0 Å². The summed E-state index contributed by atoms with van der Waals surface area (Å²) >= 11 is 0. The minimum absolute atomic E-state index is 0.0400. The lowest BCUT2D eigenvalue weighted by atomic mass is 9.92. The van der Waals surface area contributed by atoms with Crippen LogP contribution in [0.25, 0.3) is 21.8 Å². The van der Waals surface area contributed by atoms with Gasteiger partial charge in [0.25, 0.3) is 0 Å². The highest BCUT2D eigenvalue weighted by Crippen LogP contribution is 2.34. The minimum Gasteiger partial charge on any atom is -0.353 e. The first-order chi connectivity index (χ1) is 12.7. The standard InChI is InChI=1S/C18H19N7O/c1-11-2-3-12(18(26)21-7-5-19)10-25(11)17-15-13(9-23-24-17)8-22-16-14(15)4-6-20-16/h4,6,8-9,11-12,24H,2-3,7,10H2,1H3,(H,21,26). The van der Waals surface area contributed by atoms with Gasteiger partial charge in [0, 0.05) is 41.1 Å². The molecule has 1 saturated heterocycles. The summed E-state index contributed by atoms with van der Waals surface area (Å²) in [6.07, 6.45) is 6.98. The number of nitriles is 1. The maximum Gasteiger partial charge on any atom is 0.225 e. The van der Waals surface area contributed by atoms with E-state index in [1.807, 2.05) is 12.1 Å². The maximum absolute atomic E-state index is 12.3. The van der Waals surface area contributed by atoms with Crippen molar-refractivity contribution >= 4 is 33.5 Å². The topological polar surface area (TPSA) is 111 Å². The second-order valence-electron chi connectivity index (χ2n) is 6.64. The highest BCUT2D eigenvalue weighted by atomic mass is 16.1. The molecule has 2 N–H and O–H groups in total. The van der Waals surface area contributed by atoms with Crippen molar-refractivity contribution < 1.29 is 4.79 Å². The third kappa shape index (κ3) is 2.71. The molecule has 26 heavy (non-hydrogen) atoms. The smallest absolute Gasteiger partial charge is 0.225 e. The highest BCUT2D eigenvalue weighted by molar-refractivity contribution is 6.10. The van der Waals surface area contributed by atoms with E-state index in [9.17, 15) is 4.79 Å². The molecule has 8 heteroatoms. The first-order valence-corrected chi connectivity index (χ1v) is 8.67. The van der Waals surface area contributed by atoms with Crippen molar-refractivity contribution in [1.29, 1.82) is 5.26 Å². The Morgan fingerprint density at radius 1 is 1.42 bits per heavy atom. The number of hydrogen-bond donors (Lipinski definition) is 2. The molecule has 0 radical (unpaired) electrons. The molecule has 0 aliphatic carbocycles. The molecule has 0 bridgehead atoms. The van der Waals surface area contributed by atoms with Crippen molar-refractivity contribution in [2.24, 2.45) is 5.92 Å². The van der Waals surface area contributed by atoms with Gasteiger partial charge in [0.1, 0.15) is 12.4 Å². The van der Waals surface area contributed by atoms with Crippen molar-refractivity contribution in [3.8, 4) is 6.07 Å². The van der Waals surface area contributed by atoms with Crippen LogP contribution in [0.1, 0.15) is 19.8 Å². The lowest BCUT2D eigenvalue weighted by Gasteiger charge is -2.38. The fourth-order valence-electron chi connectivity index (χ4n) is 3.67. The molecule has 4 heterocycles. The van der Waals surface area contributed by atoms with Gasteiger partial charge in [-0.3, -0.25) is 9.89 Å². The van der Waals surface area contributed by atoms with Crippen LogP contribution < -0.4 is 10.2 Å². The molecular weight excluding hydrogens is 330 g/mol. The molecule has 3 aromatic heterocycles. The Hall–Kier alpha value is -3.21. The van der Waals surface area contributed by atoms with Crippen LogP contribution in [-0.4, -0.2) is 45.2 Å². The van der Waals surface area contributed by atoms with E-state index >= 15 is 0 Å². The number of fused-ring (bicyclic) bond motifs is 3. The van der Waals surface area contributed by atoms with Gasteiger partial charge in [0.15, 0.2) is 5.65 Å². The Balaban J connectivity index is 1.75. The number of carbonyl (C=O) groups is 1. The zero-order valence-electron chi connectivity index (χ0n) is 14.4. The highest BCUT2D eigenvalue weighted by Gasteiger charge is 2.31. The van der Waals surface area contributed by atoms with E-state index in [0.29, 0.717) is 12.2 Å². The fraction of sp³-hybridized carbons (Fsp3) is 0.389. The third-order valence-corrected chi connectivity index (χ3v) is 5.06. The number of aromatic amines is 1. The number of nitrogens with one attached hydrogen (secondary N) is 2. The number of rotatable bonds is 3. The third-order valence-electron chi connectivity index (χ3n) is 5.06. The molecule has 8 nitrogen and oxygen atoms in total. The van der Waals surface area contributed by atoms with E-state index in [2.05, 4.69) is 37.3 Å². The predicted octanol–water partition coefficient (Wildman–Crippen LogP) is 1.75.